The van der Waals surface area contributed by atoms with E-state index >= 15 is 0 Å². The van der Waals surface area contributed by atoms with Crippen molar-refractivity contribution in [2.75, 3.05) is 6.54 Å². The fourth-order valence-corrected chi connectivity index (χ4v) is 2.36. The van der Waals surface area contributed by atoms with Crippen molar-refractivity contribution in [1.29, 1.82) is 0 Å². The van der Waals surface area contributed by atoms with Crippen LogP contribution in [0, 0.1) is 17.5 Å². The van der Waals surface area contributed by atoms with Gasteiger partial charge in [0.05, 0.1) is 0 Å². The van der Waals surface area contributed by atoms with E-state index in [2.05, 4.69) is 5.32 Å². The van der Waals surface area contributed by atoms with Gasteiger partial charge in [0.25, 0.3) is 0 Å². The van der Waals surface area contributed by atoms with Crippen LogP contribution in [-0.4, -0.2) is 12.6 Å². The number of hydrogen-bond acceptors (Lipinski definition) is 1. The van der Waals surface area contributed by atoms with Crippen molar-refractivity contribution in [3.63, 3.8) is 0 Å². The van der Waals surface area contributed by atoms with E-state index in [1.54, 1.807) is 18.2 Å². The van der Waals surface area contributed by atoms with Crippen molar-refractivity contribution in [1.82, 2.24) is 5.32 Å². The van der Waals surface area contributed by atoms with Crippen LogP contribution in [0.3, 0.4) is 0 Å². The van der Waals surface area contributed by atoms with Crippen LogP contribution in [0.25, 0.3) is 0 Å². The third kappa shape index (κ3) is 4.60. The second-order valence-corrected chi connectivity index (χ2v) is 5.04. The van der Waals surface area contributed by atoms with Crippen LogP contribution >= 0.6 is 0 Å². The molecule has 0 radical (unpaired) electrons. The number of halogens is 3. The molecule has 1 nitrogen and oxygen atoms in total. The van der Waals surface area contributed by atoms with Gasteiger partial charge in [-0.1, -0.05) is 25.1 Å². The highest BCUT2D eigenvalue weighted by atomic mass is 19.2. The molecule has 0 aliphatic heterocycles. The van der Waals surface area contributed by atoms with E-state index in [1.165, 1.54) is 18.2 Å². The highest BCUT2D eigenvalue weighted by molar-refractivity contribution is 5.21. The van der Waals surface area contributed by atoms with Crippen molar-refractivity contribution < 1.29 is 13.2 Å². The highest BCUT2D eigenvalue weighted by Gasteiger charge is 2.11. The Morgan fingerprint density at radius 3 is 2.10 bits per heavy atom. The fraction of sp³-hybridized carbons (Fsp3) is 0.294. The molecule has 0 saturated carbocycles. The van der Waals surface area contributed by atoms with Gasteiger partial charge in [-0.3, -0.25) is 0 Å². The zero-order chi connectivity index (χ0) is 15.2. The maximum Gasteiger partial charge on any atom is 0.159 e. The first-order chi connectivity index (χ1) is 10.1. The summed E-state index contributed by atoms with van der Waals surface area (Å²) in [6.45, 7) is 2.76. The Morgan fingerprint density at radius 2 is 1.48 bits per heavy atom. The van der Waals surface area contributed by atoms with Crippen LogP contribution in [0.2, 0.25) is 0 Å². The number of nitrogens with one attached hydrogen (secondary N) is 1. The molecule has 1 unspecified atom stereocenters. The summed E-state index contributed by atoms with van der Waals surface area (Å²) < 4.78 is 39.1. The lowest BCUT2D eigenvalue weighted by molar-refractivity contribution is 0.498. The average molecular weight is 293 g/mol. The van der Waals surface area contributed by atoms with E-state index < -0.39 is 11.6 Å². The molecule has 0 amide bonds. The Labute approximate surface area is 122 Å². The van der Waals surface area contributed by atoms with Gasteiger partial charge >= 0.3 is 0 Å². The van der Waals surface area contributed by atoms with Crippen LogP contribution in [0.1, 0.15) is 18.1 Å². The SMILES string of the molecule is CCNC(Cc1ccc(F)cc1)Cc1ccc(F)c(F)c1. The third-order valence-corrected chi connectivity index (χ3v) is 3.35. The maximum atomic E-state index is 13.2. The Bertz CT molecular complexity index is 581. The molecule has 4 heteroatoms. The molecule has 0 bridgehead atoms. The van der Waals surface area contributed by atoms with Crippen LogP contribution in [0.4, 0.5) is 13.2 Å². The molecule has 0 saturated heterocycles. The van der Waals surface area contributed by atoms with Crippen LogP contribution < -0.4 is 5.32 Å². The fourth-order valence-electron chi connectivity index (χ4n) is 2.36. The minimum atomic E-state index is -0.836. The molecule has 0 aliphatic carbocycles. The monoisotopic (exact) mass is 293 g/mol. The maximum absolute atomic E-state index is 13.2. The topological polar surface area (TPSA) is 12.0 Å². The predicted molar refractivity (Wildman–Crippen MR) is 77.6 cm³/mol. The predicted octanol–water partition coefficient (Wildman–Crippen LogP) is 3.87. The summed E-state index contributed by atoms with van der Waals surface area (Å²) in [5, 5.41) is 3.32. The first-order valence-corrected chi connectivity index (χ1v) is 7.00. The second kappa shape index (κ2) is 7.27. The number of benzene rings is 2. The molecule has 0 aromatic heterocycles. The van der Waals surface area contributed by atoms with Crippen LogP contribution in [-0.2, 0) is 12.8 Å². The first kappa shape index (κ1) is 15.6. The molecule has 112 valence electrons. The largest absolute Gasteiger partial charge is 0.314 e. The van der Waals surface area contributed by atoms with Crippen molar-refractivity contribution in [3.8, 4) is 0 Å². The van der Waals surface area contributed by atoms with Gasteiger partial charge in [-0.05, 0) is 54.8 Å². The summed E-state index contributed by atoms with van der Waals surface area (Å²) in [7, 11) is 0. The normalized spacial score (nSPS) is 12.4. The molecular formula is C17H18F3N. The smallest absolute Gasteiger partial charge is 0.159 e. The molecule has 2 rings (SSSR count). The van der Waals surface area contributed by atoms with Gasteiger partial charge in [0.1, 0.15) is 5.82 Å². The van der Waals surface area contributed by atoms with Gasteiger partial charge in [0.2, 0.25) is 0 Å². The minimum Gasteiger partial charge on any atom is -0.314 e. The summed E-state index contributed by atoms with van der Waals surface area (Å²) >= 11 is 0. The zero-order valence-electron chi connectivity index (χ0n) is 11.9. The van der Waals surface area contributed by atoms with E-state index in [0.29, 0.717) is 12.8 Å². The summed E-state index contributed by atoms with van der Waals surface area (Å²) in [6, 6.07) is 10.4. The van der Waals surface area contributed by atoms with E-state index in [1.807, 2.05) is 6.92 Å². The van der Waals surface area contributed by atoms with E-state index in [4.69, 9.17) is 0 Å². The molecule has 0 heterocycles. The van der Waals surface area contributed by atoms with Crippen molar-refractivity contribution in [3.05, 3.63) is 71.0 Å². The molecule has 0 aliphatic rings. The van der Waals surface area contributed by atoms with Gasteiger partial charge < -0.3 is 5.32 Å². The summed E-state index contributed by atoms with van der Waals surface area (Å²) in [6.07, 6.45) is 1.29. The van der Waals surface area contributed by atoms with E-state index in [0.717, 1.165) is 23.7 Å². The van der Waals surface area contributed by atoms with Gasteiger partial charge in [0, 0.05) is 6.04 Å². The standard InChI is InChI=1S/C17H18F3N/c1-2-21-15(9-12-3-6-14(18)7-4-12)10-13-5-8-16(19)17(20)11-13/h3-8,11,15,21H,2,9-10H2,1H3. The molecule has 21 heavy (non-hydrogen) atoms. The van der Waals surface area contributed by atoms with Crippen LogP contribution in [0.15, 0.2) is 42.5 Å². The molecule has 2 aromatic carbocycles. The molecule has 0 fully saturated rings. The molecule has 1 N–H and O–H groups in total. The molecular weight excluding hydrogens is 275 g/mol. The highest BCUT2D eigenvalue weighted by Crippen LogP contribution is 2.13. The number of likely N-dealkylation sites (N-methyl/N-ethyl adjacent to an activating group) is 1. The van der Waals surface area contributed by atoms with Crippen LogP contribution in [0.5, 0.6) is 0 Å². The van der Waals surface area contributed by atoms with Crippen molar-refractivity contribution in [2.24, 2.45) is 0 Å². The van der Waals surface area contributed by atoms with E-state index in [-0.39, 0.29) is 11.9 Å². The quantitative estimate of drug-likeness (QED) is 0.852. The average Bonchev–Trinajstić information content (AvgIpc) is 2.46. The number of hydrogen-bond donors (Lipinski definition) is 1. The Hall–Kier alpha value is -1.81. The Morgan fingerprint density at radius 1 is 0.857 bits per heavy atom. The van der Waals surface area contributed by atoms with Gasteiger partial charge in [-0.25, -0.2) is 13.2 Å². The van der Waals surface area contributed by atoms with E-state index in [9.17, 15) is 13.2 Å². The summed E-state index contributed by atoms with van der Waals surface area (Å²) in [4.78, 5) is 0. The van der Waals surface area contributed by atoms with Gasteiger partial charge in [-0.15, -0.1) is 0 Å². The first-order valence-electron chi connectivity index (χ1n) is 7.00. The number of rotatable bonds is 6. The van der Waals surface area contributed by atoms with Gasteiger partial charge in [-0.2, -0.15) is 0 Å². The molecule has 0 spiro atoms. The van der Waals surface area contributed by atoms with Gasteiger partial charge in [0.15, 0.2) is 11.6 Å². The molecule has 1 atom stereocenters. The van der Waals surface area contributed by atoms with Crippen molar-refractivity contribution >= 4 is 0 Å². The lowest BCUT2D eigenvalue weighted by atomic mass is 9.98. The Kier molecular flexibility index (Phi) is 5.39. The Balaban J connectivity index is 2.07. The minimum absolute atomic E-state index is 0.0883. The third-order valence-electron chi connectivity index (χ3n) is 3.35. The molecule has 2 aromatic rings. The zero-order valence-corrected chi connectivity index (χ0v) is 11.9. The summed E-state index contributed by atoms with van der Waals surface area (Å²) in [5.41, 5.74) is 1.74. The second-order valence-electron chi connectivity index (χ2n) is 5.04. The summed E-state index contributed by atoms with van der Waals surface area (Å²) in [5.74, 6) is -1.93. The lowest BCUT2D eigenvalue weighted by Gasteiger charge is -2.18. The van der Waals surface area contributed by atoms with Crippen molar-refractivity contribution in [2.45, 2.75) is 25.8 Å². The lowest BCUT2D eigenvalue weighted by Crippen LogP contribution is -2.33.